The minimum Gasteiger partial charge on any atom is -0.491 e. The van der Waals surface area contributed by atoms with E-state index in [1.54, 1.807) is 6.07 Å². The number of aliphatic hydroxyl groups is 1. The lowest BCUT2D eigenvalue weighted by atomic mass is 10.0. The number of benzene rings is 1. The van der Waals surface area contributed by atoms with E-state index in [0.29, 0.717) is 5.75 Å². The highest BCUT2D eigenvalue weighted by molar-refractivity contribution is 6.33. The molecule has 0 aliphatic heterocycles. The zero-order valence-electron chi connectivity index (χ0n) is 9.86. The lowest BCUT2D eigenvalue weighted by molar-refractivity contribution is 0.00139. The molecular weight excluding hydrogens is 256 g/mol. The molecule has 1 aromatic carbocycles. The van der Waals surface area contributed by atoms with E-state index < -0.39 is 11.6 Å². The predicted molar refractivity (Wildman–Crippen MR) is 67.3 cm³/mol. The number of carbonyl (C=O) groups is 1. The summed E-state index contributed by atoms with van der Waals surface area (Å²) in [7, 11) is 0. The van der Waals surface area contributed by atoms with Crippen molar-refractivity contribution in [2.75, 3.05) is 6.61 Å². The molecule has 0 unspecified atom stereocenters. The standard InChI is InChI=1S/C13H15ClO4/c14-11-4-3-9(7-10(11)12(15)16)18-8-13(17)5-1-2-6-13/h3-4,7,17H,1-2,5-6,8H2,(H,15,16). The van der Waals surface area contributed by atoms with Crippen molar-refractivity contribution in [2.24, 2.45) is 0 Å². The van der Waals surface area contributed by atoms with Gasteiger partial charge in [0.25, 0.3) is 0 Å². The molecule has 98 valence electrons. The Labute approximate surface area is 110 Å². The van der Waals surface area contributed by atoms with E-state index in [0.717, 1.165) is 25.7 Å². The third-order valence-electron chi connectivity index (χ3n) is 3.21. The second-order valence-corrected chi connectivity index (χ2v) is 5.07. The highest BCUT2D eigenvalue weighted by atomic mass is 35.5. The Morgan fingerprint density at radius 1 is 1.39 bits per heavy atom. The Hall–Kier alpha value is -1.26. The molecule has 1 fully saturated rings. The van der Waals surface area contributed by atoms with E-state index >= 15 is 0 Å². The summed E-state index contributed by atoms with van der Waals surface area (Å²) in [5.74, 6) is -0.679. The Balaban J connectivity index is 2.05. The van der Waals surface area contributed by atoms with Gasteiger partial charge in [0.2, 0.25) is 0 Å². The molecule has 2 N–H and O–H groups in total. The summed E-state index contributed by atoms with van der Waals surface area (Å²) in [6, 6.07) is 4.47. The Morgan fingerprint density at radius 3 is 2.67 bits per heavy atom. The van der Waals surface area contributed by atoms with Gasteiger partial charge in [0.05, 0.1) is 16.2 Å². The quantitative estimate of drug-likeness (QED) is 0.883. The third-order valence-corrected chi connectivity index (χ3v) is 3.54. The van der Waals surface area contributed by atoms with E-state index in [1.807, 2.05) is 0 Å². The SMILES string of the molecule is O=C(O)c1cc(OCC2(O)CCCC2)ccc1Cl. The zero-order valence-corrected chi connectivity index (χ0v) is 10.6. The molecule has 0 spiro atoms. The number of rotatable bonds is 4. The van der Waals surface area contributed by atoms with Gasteiger partial charge >= 0.3 is 5.97 Å². The second-order valence-electron chi connectivity index (χ2n) is 4.67. The number of aromatic carboxylic acids is 1. The smallest absolute Gasteiger partial charge is 0.337 e. The molecule has 4 nitrogen and oxygen atoms in total. The lowest BCUT2D eigenvalue weighted by Crippen LogP contribution is -2.32. The average Bonchev–Trinajstić information content (AvgIpc) is 2.75. The molecule has 0 bridgehead atoms. The molecular formula is C13H15ClO4. The zero-order chi connectivity index (χ0) is 13.2. The molecule has 0 amide bonds. The lowest BCUT2D eigenvalue weighted by Gasteiger charge is -2.22. The van der Waals surface area contributed by atoms with Crippen LogP contribution in [-0.2, 0) is 0 Å². The maximum Gasteiger partial charge on any atom is 0.337 e. The molecule has 1 aliphatic carbocycles. The Bertz CT molecular complexity index is 452. The molecule has 0 saturated heterocycles. The molecule has 0 aromatic heterocycles. The number of carboxylic acid groups (broad SMARTS) is 1. The van der Waals surface area contributed by atoms with Crippen molar-refractivity contribution < 1.29 is 19.7 Å². The van der Waals surface area contributed by atoms with Crippen molar-refractivity contribution in [1.82, 2.24) is 0 Å². The van der Waals surface area contributed by atoms with E-state index in [9.17, 15) is 9.90 Å². The van der Waals surface area contributed by atoms with Gasteiger partial charge in [-0.1, -0.05) is 24.4 Å². The fourth-order valence-corrected chi connectivity index (χ4v) is 2.35. The summed E-state index contributed by atoms with van der Waals surface area (Å²) < 4.78 is 5.47. The number of carboxylic acids is 1. The van der Waals surface area contributed by atoms with Crippen LogP contribution in [0, 0.1) is 0 Å². The van der Waals surface area contributed by atoms with Crippen LogP contribution in [0.2, 0.25) is 5.02 Å². The summed E-state index contributed by atoms with van der Waals surface area (Å²) >= 11 is 5.76. The van der Waals surface area contributed by atoms with Crippen LogP contribution in [0.5, 0.6) is 5.75 Å². The fraction of sp³-hybridized carbons (Fsp3) is 0.462. The van der Waals surface area contributed by atoms with Gasteiger partial charge in [-0.3, -0.25) is 0 Å². The Kier molecular flexibility index (Phi) is 3.78. The predicted octanol–water partition coefficient (Wildman–Crippen LogP) is 2.72. The van der Waals surface area contributed by atoms with Crippen molar-refractivity contribution in [3.05, 3.63) is 28.8 Å². The van der Waals surface area contributed by atoms with Crippen LogP contribution < -0.4 is 4.74 Å². The molecule has 0 heterocycles. The molecule has 5 heteroatoms. The largest absolute Gasteiger partial charge is 0.491 e. The molecule has 0 radical (unpaired) electrons. The van der Waals surface area contributed by atoms with Crippen LogP contribution in [-0.4, -0.2) is 28.4 Å². The Morgan fingerprint density at radius 2 is 2.06 bits per heavy atom. The van der Waals surface area contributed by atoms with E-state index in [4.69, 9.17) is 21.4 Å². The number of halogens is 1. The minimum atomic E-state index is -1.09. The van der Waals surface area contributed by atoms with Gasteiger partial charge in [0.15, 0.2) is 0 Å². The van der Waals surface area contributed by atoms with E-state index in [1.165, 1.54) is 12.1 Å². The first kappa shape index (κ1) is 13.2. The van der Waals surface area contributed by atoms with Crippen LogP contribution >= 0.6 is 11.6 Å². The highest BCUT2D eigenvalue weighted by Gasteiger charge is 2.31. The monoisotopic (exact) mass is 270 g/mol. The minimum absolute atomic E-state index is 0.00702. The molecule has 18 heavy (non-hydrogen) atoms. The first-order valence-electron chi connectivity index (χ1n) is 5.88. The molecule has 1 aliphatic rings. The van der Waals surface area contributed by atoms with Gasteiger partial charge in [0.1, 0.15) is 12.4 Å². The van der Waals surface area contributed by atoms with Gasteiger partial charge in [0, 0.05) is 0 Å². The van der Waals surface area contributed by atoms with Crippen molar-refractivity contribution >= 4 is 17.6 Å². The van der Waals surface area contributed by atoms with Crippen LogP contribution in [0.3, 0.4) is 0 Å². The average molecular weight is 271 g/mol. The normalized spacial score (nSPS) is 17.7. The maximum absolute atomic E-state index is 10.9. The first-order valence-corrected chi connectivity index (χ1v) is 6.26. The van der Waals surface area contributed by atoms with Gasteiger partial charge in [-0.15, -0.1) is 0 Å². The van der Waals surface area contributed by atoms with Gasteiger partial charge < -0.3 is 14.9 Å². The summed E-state index contributed by atoms with van der Waals surface area (Å²) in [5.41, 5.74) is -0.768. The fourth-order valence-electron chi connectivity index (χ4n) is 2.15. The second kappa shape index (κ2) is 5.16. The van der Waals surface area contributed by atoms with Crippen molar-refractivity contribution in [2.45, 2.75) is 31.3 Å². The van der Waals surface area contributed by atoms with Crippen LogP contribution in [0.25, 0.3) is 0 Å². The maximum atomic E-state index is 10.9. The van der Waals surface area contributed by atoms with Gasteiger partial charge in [-0.05, 0) is 31.0 Å². The summed E-state index contributed by atoms with van der Waals surface area (Å²) in [6.07, 6.45) is 3.46. The van der Waals surface area contributed by atoms with Gasteiger partial charge in [-0.2, -0.15) is 0 Å². The molecule has 2 rings (SSSR count). The first-order chi connectivity index (χ1) is 8.50. The summed E-state index contributed by atoms with van der Waals surface area (Å²) in [6.45, 7) is 0.188. The van der Waals surface area contributed by atoms with Crippen molar-refractivity contribution in [1.29, 1.82) is 0 Å². The van der Waals surface area contributed by atoms with Crippen molar-refractivity contribution in [3.8, 4) is 5.75 Å². The number of hydrogen-bond donors (Lipinski definition) is 2. The molecule has 1 saturated carbocycles. The summed E-state index contributed by atoms with van der Waals surface area (Å²) in [4.78, 5) is 10.9. The number of ether oxygens (including phenoxy) is 1. The van der Waals surface area contributed by atoms with E-state index in [-0.39, 0.29) is 17.2 Å². The third kappa shape index (κ3) is 2.94. The topological polar surface area (TPSA) is 66.8 Å². The van der Waals surface area contributed by atoms with Crippen LogP contribution in [0.1, 0.15) is 36.0 Å². The van der Waals surface area contributed by atoms with Gasteiger partial charge in [-0.25, -0.2) is 4.79 Å². The highest BCUT2D eigenvalue weighted by Crippen LogP contribution is 2.30. The van der Waals surface area contributed by atoms with E-state index in [2.05, 4.69) is 0 Å². The van der Waals surface area contributed by atoms with Crippen LogP contribution in [0.4, 0.5) is 0 Å². The summed E-state index contributed by atoms with van der Waals surface area (Å²) in [5, 5.41) is 19.2. The van der Waals surface area contributed by atoms with Crippen LogP contribution in [0.15, 0.2) is 18.2 Å². The molecule has 1 aromatic rings. The molecule has 0 atom stereocenters. The van der Waals surface area contributed by atoms with Crippen molar-refractivity contribution in [3.63, 3.8) is 0 Å². The number of hydrogen-bond acceptors (Lipinski definition) is 3.